The van der Waals surface area contributed by atoms with Crippen LogP contribution in [0.5, 0.6) is 0 Å². The Bertz CT molecular complexity index is 431. The zero-order valence-corrected chi connectivity index (χ0v) is 7.42. The monoisotopic (exact) mass is 191 g/mol. The Morgan fingerprint density at radius 2 is 2.36 bits per heavy atom. The lowest BCUT2D eigenvalue weighted by Gasteiger charge is -1.87. The Kier molecular flexibility index (Phi) is 2.14. The molecular formula is C9H9N3O2. The van der Waals surface area contributed by atoms with Crippen LogP contribution in [0.2, 0.25) is 0 Å². The SMILES string of the molecule is O=C(O)CCc1nc2ccccn2n1. The van der Waals surface area contributed by atoms with Crippen molar-refractivity contribution in [2.45, 2.75) is 12.8 Å². The summed E-state index contributed by atoms with van der Waals surface area (Å²) in [5.74, 6) is -0.262. The van der Waals surface area contributed by atoms with Gasteiger partial charge in [-0.15, -0.1) is 0 Å². The maximum absolute atomic E-state index is 10.3. The van der Waals surface area contributed by atoms with Crippen LogP contribution >= 0.6 is 0 Å². The van der Waals surface area contributed by atoms with Gasteiger partial charge >= 0.3 is 5.97 Å². The fraction of sp³-hybridized carbons (Fsp3) is 0.222. The van der Waals surface area contributed by atoms with Gasteiger partial charge in [-0.25, -0.2) is 9.50 Å². The van der Waals surface area contributed by atoms with Crippen molar-refractivity contribution in [3.8, 4) is 0 Å². The number of carboxylic acids is 1. The first-order valence-electron chi connectivity index (χ1n) is 4.28. The molecule has 0 aliphatic heterocycles. The van der Waals surface area contributed by atoms with E-state index in [9.17, 15) is 4.79 Å². The Morgan fingerprint density at radius 3 is 3.07 bits per heavy atom. The molecule has 0 radical (unpaired) electrons. The highest BCUT2D eigenvalue weighted by atomic mass is 16.4. The van der Waals surface area contributed by atoms with Crippen molar-refractivity contribution in [1.29, 1.82) is 0 Å². The van der Waals surface area contributed by atoms with Crippen LogP contribution in [-0.4, -0.2) is 25.7 Å². The standard InChI is InChI=1S/C9H9N3O2/c13-9(14)5-4-7-10-8-3-1-2-6-12(8)11-7/h1-3,6H,4-5H2,(H,13,14). The second-order valence-corrected chi connectivity index (χ2v) is 2.93. The minimum absolute atomic E-state index is 0.0664. The van der Waals surface area contributed by atoms with Crippen molar-refractivity contribution in [3.63, 3.8) is 0 Å². The second kappa shape index (κ2) is 3.45. The third kappa shape index (κ3) is 1.71. The summed E-state index contributed by atoms with van der Waals surface area (Å²) in [6, 6.07) is 5.55. The number of nitrogens with zero attached hydrogens (tertiary/aromatic N) is 3. The average molecular weight is 191 g/mol. The van der Waals surface area contributed by atoms with Gasteiger partial charge in [-0.3, -0.25) is 4.79 Å². The lowest BCUT2D eigenvalue weighted by molar-refractivity contribution is -0.137. The van der Waals surface area contributed by atoms with Gasteiger partial charge in [-0.05, 0) is 12.1 Å². The molecule has 0 atom stereocenters. The molecule has 0 aliphatic carbocycles. The van der Waals surface area contributed by atoms with Gasteiger partial charge in [0.1, 0.15) is 0 Å². The molecule has 2 aromatic rings. The van der Waals surface area contributed by atoms with Crippen LogP contribution in [0.4, 0.5) is 0 Å². The van der Waals surface area contributed by atoms with Crippen LogP contribution in [0.1, 0.15) is 12.2 Å². The maximum atomic E-state index is 10.3. The Hall–Kier alpha value is -1.91. The summed E-state index contributed by atoms with van der Waals surface area (Å²) in [5.41, 5.74) is 0.743. The molecule has 5 heteroatoms. The van der Waals surface area contributed by atoms with Gasteiger partial charge in [0.2, 0.25) is 0 Å². The highest BCUT2D eigenvalue weighted by Crippen LogP contribution is 2.02. The summed E-state index contributed by atoms with van der Waals surface area (Å²) in [5, 5.41) is 12.6. The van der Waals surface area contributed by atoms with Crippen LogP contribution in [-0.2, 0) is 11.2 Å². The number of hydrogen-bond acceptors (Lipinski definition) is 3. The highest BCUT2D eigenvalue weighted by Gasteiger charge is 2.04. The predicted octanol–water partition coefficient (Wildman–Crippen LogP) is 0.746. The largest absolute Gasteiger partial charge is 0.481 e. The van der Waals surface area contributed by atoms with Crippen molar-refractivity contribution in [2.24, 2.45) is 0 Å². The molecule has 72 valence electrons. The molecule has 0 spiro atoms. The van der Waals surface area contributed by atoms with E-state index < -0.39 is 5.97 Å². The van der Waals surface area contributed by atoms with Crippen LogP contribution in [0, 0.1) is 0 Å². The summed E-state index contributed by atoms with van der Waals surface area (Å²) in [4.78, 5) is 14.5. The summed E-state index contributed by atoms with van der Waals surface area (Å²) < 4.78 is 1.64. The normalized spacial score (nSPS) is 10.6. The molecule has 0 aliphatic rings. The molecule has 0 saturated heterocycles. The number of carbonyl (C=O) groups is 1. The van der Waals surface area contributed by atoms with Gasteiger partial charge in [-0.2, -0.15) is 5.10 Å². The van der Waals surface area contributed by atoms with Crippen molar-refractivity contribution in [3.05, 3.63) is 30.2 Å². The fourth-order valence-electron chi connectivity index (χ4n) is 1.20. The molecule has 14 heavy (non-hydrogen) atoms. The van der Waals surface area contributed by atoms with Crippen molar-refractivity contribution in [2.75, 3.05) is 0 Å². The zero-order valence-electron chi connectivity index (χ0n) is 7.42. The van der Waals surface area contributed by atoms with E-state index in [1.165, 1.54) is 0 Å². The van der Waals surface area contributed by atoms with Crippen LogP contribution < -0.4 is 0 Å². The highest BCUT2D eigenvalue weighted by molar-refractivity contribution is 5.66. The van der Waals surface area contributed by atoms with E-state index in [4.69, 9.17) is 5.11 Å². The number of aliphatic carboxylic acids is 1. The van der Waals surface area contributed by atoms with E-state index in [-0.39, 0.29) is 6.42 Å². The smallest absolute Gasteiger partial charge is 0.303 e. The molecule has 2 aromatic heterocycles. The number of rotatable bonds is 3. The molecule has 0 amide bonds. The number of fused-ring (bicyclic) bond motifs is 1. The molecule has 2 heterocycles. The van der Waals surface area contributed by atoms with Crippen molar-refractivity contribution < 1.29 is 9.90 Å². The van der Waals surface area contributed by atoms with E-state index in [1.54, 1.807) is 10.7 Å². The van der Waals surface area contributed by atoms with E-state index in [2.05, 4.69) is 10.1 Å². The average Bonchev–Trinajstić information content (AvgIpc) is 2.57. The third-order valence-electron chi connectivity index (χ3n) is 1.85. The zero-order chi connectivity index (χ0) is 9.97. The van der Waals surface area contributed by atoms with E-state index >= 15 is 0 Å². The second-order valence-electron chi connectivity index (χ2n) is 2.93. The minimum atomic E-state index is -0.830. The van der Waals surface area contributed by atoms with Gasteiger partial charge < -0.3 is 5.11 Å². The summed E-state index contributed by atoms with van der Waals surface area (Å²) in [6.07, 6.45) is 2.22. The molecule has 0 saturated carbocycles. The third-order valence-corrected chi connectivity index (χ3v) is 1.85. The molecule has 0 bridgehead atoms. The minimum Gasteiger partial charge on any atom is -0.481 e. The lowest BCUT2D eigenvalue weighted by atomic mass is 10.3. The first-order valence-corrected chi connectivity index (χ1v) is 4.28. The van der Waals surface area contributed by atoms with Gasteiger partial charge in [0, 0.05) is 12.6 Å². The summed E-state index contributed by atoms with van der Waals surface area (Å²) in [7, 11) is 0. The van der Waals surface area contributed by atoms with E-state index in [0.717, 1.165) is 5.65 Å². The first-order chi connectivity index (χ1) is 6.75. The topological polar surface area (TPSA) is 67.5 Å². The van der Waals surface area contributed by atoms with Crippen LogP contribution in [0.25, 0.3) is 5.65 Å². The summed E-state index contributed by atoms with van der Waals surface area (Å²) >= 11 is 0. The predicted molar refractivity (Wildman–Crippen MR) is 48.9 cm³/mol. The Morgan fingerprint density at radius 1 is 1.50 bits per heavy atom. The number of aromatic nitrogens is 3. The van der Waals surface area contributed by atoms with Gasteiger partial charge in [0.05, 0.1) is 6.42 Å². The molecule has 0 fully saturated rings. The Balaban J connectivity index is 2.22. The molecule has 0 unspecified atom stereocenters. The van der Waals surface area contributed by atoms with Gasteiger partial charge in [-0.1, -0.05) is 6.07 Å². The number of hydrogen-bond donors (Lipinski definition) is 1. The van der Waals surface area contributed by atoms with E-state index in [0.29, 0.717) is 12.2 Å². The maximum Gasteiger partial charge on any atom is 0.303 e. The number of pyridine rings is 1. The van der Waals surface area contributed by atoms with Crippen molar-refractivity contribution >= 4 is 11.6 Å². The molecule has 0 aromatic carbocycles. The van der Waals surface area contributed by atoms with Gasteiger partial charge in [0.15, 0.2) is 11.5 Å². The number of aryl methyl sites for hydroxylation is 1. The fourth-order valence-corrected chi connectivity index (χ4v) is 1.20. The first kappa shape index (κ1) is 8.68. The molecular weight excluding hydrogens is 182 g/mol. The van der Waals surface area contributed by atoms with E-state index in [1.807, 2.05) is 18.2 Å². The summed E-state index contributed by atoms with van der Waals surface area (Å²) in [6.45, 7) is 0. The molecule has 2 rings (SSSR count). The van der Waals surface area contributed by atoms with Crippen molar-refractivity contribution in [1.82, 2.24) is 14.6 Å². The number of carboxylic acid groups (broad SMARTS) is 1. The van der Waals surface area contributed by atoms with Crippen LogP contribution in [0.15, 0.2) is 24.4 Å². The van der Waals surface area contributed by atoms with Gasteiger partial charge in [0.25, 0.3) is 0 Å². The Labute approximate surface area is 80.0 Å². The lowest BCUT2D eigenvalue weighted by Crippen LogP contribution is -1.99. The quantitative estimate of drug-likeness (QED) is 0.777. The molecule has 1 N–H and O–H groups in total. The van der Waals surface area contributed by atoms with Crippen LogP contribution in [0.3, 0.4) is 0 Å². The molecule has 5 nitrogen and oxygen atoms in total.